The number of carbonyl (C=O) groups is 1. The number of carbonyl (C=O) groups excluding carboxylic acids is 1. The molecule has 0 amide bonds. The molecule has 1 atom stereocenters. The smallest absolute Gasteiger partial charge is 0.422 e. The molecule has 0 bridgehead atoms. The highest BCUT2D eigenvalue weighted by molar-refractivity contribution is 5.75. The summed E-state index contributed by atoms with van der Waals surface area (Å²) in [6.45, 7) is 4.05. The van der Waals surface area contributed by atoms with E-state index in [2.05, 4.69) is 21.7 Å². The molecule has 0 radical (unpaired) electrons. The van der Waals surface area contributed by atoms with E-state index in [-0.39, 0.29) is 0 Å². The molecule has 0 aliphatic carbocycles. The van der Waals surface area contributed by atoms with Gasteiger partial charge in [-0.3, -0.25) is 4.79 Å². The number of esters is 1. The van der Waals surface area contributed by atoms with Crippen LogP contribution in [-0.2, 0) is 16.1 Å². The number of hydrogen-bond donors (Lipinski definition) is 0. The summed E-state index contributed by atoms with van der Waals surface area (Å²) in [6.07, 6.45) is -1.62. The van der Waals surface area contributed by atoms with Crippen LogP contribution in [0.25, 0.3) is 10.4 Å². The molecule has 0 saturated heterocycles. The van der Waals surface area contributed by atoms with Gasteiger partial charge in [-0.25, -0.2) is 0 Å². The zero-order chi connectivity index (χ0) is 20.5. The number of alkyl halides is 3. The molecule has 1 unspecified atom stereocenters. The quantitative estimate of drug-likeness (QED) is 0.205. The summed E-state index contributed by atoms with van der Waals surface area (Å²) in [4.78, 5) is 14.6. The first-order chi connectivity index (χ1) is 12.6. The number of halogens is 3. The maximum atomic E-state index is 12.2. The third kappa shape index (κ3) is 8.35. The van der Waals surface area contributed by atoms with E-state index in [9.17, 15) is 18.0 Å². The lowest BCUT2D eigenvalue weighted by molar-refractivity contribution is -0.192. The minimum absolute atomic E-state index is 0.292. The Labute approximate surface area is 157 Å². The highest BCUT2D eigenvalue weighted by Gasteiger charge is 2.34. The average Bonchev–Trinajstić information content (AvgIpc) is 2.61. The van der Waals surface area contributed by atoms with E-state index in [1.54, 1.807) is 13.8 Å². The molecule has 0 aliphatic heterocycles. The van der Waals surface area contributed by atoms with Crippen LogP contribution < -0.4 is 0 Å². The number of azide groups is 1. The van der Waals surface area contributed by atoms with Crippen molar-refractivity contribution in [2.24, 2.45) is 10.5 Å². The highest BCUT2D eigenvalue weighted by Crippen LogP contribution is 2.31. The SMILES string of the molecule is CCC(CCCC(C)(C)C(=O)OCC(F)(F)F)c1ccc(CN=[N+]=[N-])cc1. The van der Waals surface area contributed by atoms with E-state index < -0.39 is 24.2 Å². The second kappa shape index (κ2) is 10.2. The van der Waals surface area contributed by atoms with E-state index in [1.807, 2.05) is 24.3 Å². The first kappa shape index (κ1) is 22.8. The fourth-order valence-corrected chi connectivity index (χ4v) is 2.85. The van der Waals surface area contributed by atoms with Gasteiger partial charge in [-0.1, -0.05) is 42.7 Å². The van der Waals surface area contributed by atoms with Crippen molar-refractivity contribution in [1.29, 1.82) is 0 Å². The van der Waals surface area contributed by atoms with E-state index in [4.69, 9.17) is 5.53 Å². The van der Waals surface area contributed by atoms with E-state index in [1.165, 1.54) is 0 Å². The van der Waals surface area contributed by atoms with Gasteiger partial charge < -0.3 is 4.74 Å². The van der Waals surface area contributed by atoms with Crippen LogP contribution in [-0.4, -0.2) is 18.8 Å². The molecule has 150 valence electrons. The van der Waals surface area contributed by atoms with Crippen LogP contribution in [0.5, 0.6) is 0 Å². The summed E-state index contributed by atoms with van der Waals surface area (Å²) in [5.41, 5.74) is 9.48. The molecule has 0 heterocycles. The molecule has 0 spiro atoms. The third-order valence-electron chi connectivity index (χ3n) is 4.53. The molecule has 0 N–H and O–H groups in total. The number of nitrogens with zero attached hydrogens (tertiary/aromatic N) is 3. The molecule has 0 saturated carbocycles. The Morgan fingerprint density at radius 3 is 2.41 bits per heavy atom. The van der Waals surface area contributed by atoms with Gasteiger partial charge in [0.25, 0.3) is 0 Å². The fourth-order valence-electron chi connectivity index (χ4n) is 2.85. The first-order valence-corrected chi connectivity index (χ1v) is 8.92. The molecule has 27 heavy (non-hydrogen) atoms. The van der Waals surface area contributed by atoms with E-state index in [0.717, 1.165) is 24.0 Å². The lowest BCUT2D eigenvalue weighted by atomic mass is 9.83. The Morgan fingerprint density at radius 2 is 1.89 bits per heavy atom. The van der Waals surface area contributed by atoms with Gasteiger partial charge in [0.1, 0.15) is 0 Å². The number of hydrogen-bond acceptors (Lipinski definition) is 3. The van der Waals surface area contributed by atoms with Gasteiger partial charge in [0.05, 0.1) is 12.0 Å². The van der Waals surface area contributed by atoms with Crippen LogP contribution in [0.2, 0.25) is 0 Å². The maximum Gasteiger partial charge on any atom is 0.422 e. The van der Waals surface area contributed by atoms with Crippen molar-refractivity contribution in [1.82, 2.24) is 0 Å². The van der Waals surface area contributed by atoms with Crippen LogP contribution in [0.15, 0.2) is 29.4 Å². The minimum atomic E-state index is -4.51. The highest BCUT2D eigenvalue weighted by atomic mass is 19.4. The molecule has 0 aromatic heterocycles. The second-order valence-corrected chi connectivity index (χ2v) is 7.20. The summed E-state index contributed by atoms with van der Waals surface area (Å²) < 4.78 is 41.0. The van der Waals surface area contributed by atoms with E-state index in [0.29, 0.717) is 25.3 Å². The third-order valence-corrected chi connectivity index (χ3v) is 4.53. The lowest BCUT2D eigenvalue weighted by Gasteiger charge is -2.24. The van der Waals surface area contributed by atoms with Crippen molar-refractivity contribution < 1.29 is 22.7 Å². The molecule has 1 aromatic rings. The minimum Gasteiger partial charge on any atom is -0.456 e. The van der Waals surface area contributed by atoms with Crippen molar-refractivity contribution in [2.45, 2.75) is 65.1 Å². The molecule has 5 nitrogen and oxygen atoms in total. The predicted molar refractivity (Wildman–Crippen MR) is 97.0 cm³/mol. The fraction of sp³-hybridized carbons (Fsp3) is 0.632. The number of ether oxygens (including phenoxy) is 1. The molecule has 1 aromatic carbocycles. The van der Waals surface area contributed by atoms with Gasteiger partial charge in [0, 0.05) is 4.91 Å². The summed E-state index contributed by atoms with van der Waals surface area (Å²) in [7, 11) is 0. The zero-order valence-electron chi connectivity index (χ0n) is 15.9. The van der Waals surface area contributed by atoms with Gasteiger partial charge in [-0.05, 0) is 55.7 Å². The summed E-state index contributed by atoms with van der Waals surface area (Å²) in [6, 6.07) is 7.84. The Morgan fingerprint density at radius 1 is 1.26 bits per heavy atom. The van der Waals surface area contributed by atoms with Gasteiger partial charge >= 0.3 is 12.1 Å². The van der Waals surface area contributed by atoms with Crippen LogP contribution in [0.3, 0.4) is 0 Å². The standard InChI is InChI=1S/C19H26F3N3O2/c1-4-15(16-9-7-14(8-10-16)12-24-25-23)6-5-11-18(2,3)17(26)27-13-19(20,21)22/h7-10,15H,4-6,11-13H2,1-3H3. The predicted octanol–water partition coefficient (Wildman–Crippen LogP) is 6.29. The molecule has 0 aliphatic rings. The van der Waals surface area contributed by atoms with Crippen molar-refractivity contribution in [2.75, 3.05) is 6.61 Å². The Balaban J connectivity index is 2.56. The Kier molecular flexibility index (Phi) is 8.63. The zero-order valence-corrected chi connectivity index (χ0v) is 15.9. The van der Waals surface area contributed by atoms with Crippen LogP contribution >= 0.6 is 0 Å². The van der Waals surface area contributed by atoms with Crippen LogP contribution in [0, 0.1) is 5.41 Å². The molecular formula is C19H26F3N3O2. The van der Waals surface area contributed by atoms with E-state index >= 15 is 0 Å². The normalized spacial score (nSPS) is 13.0. The molecule has 0 fully saturated rings. The average molecular weight is 385 g/mol. The van der Waals surface area contributed by atoms with Gasteiger partial charge in [-0.2, -0.15) is 13.2 Å². The van der Waals surface area contributed by atoms with Crippen LogP contribution in [0.4, 0.5) is 13.2 Å². The van der Waals surface area contributed by atoms with Crippen molar-refractivity contribution in [3.05, 3.63) is 45.8 Å². The van der Waals surface area contributed by atoms with Gasteiger partial charge in [0.15, 0.2) is 6.61 Å². The molecular weight excluding hydrogens is 359 g/mol. The number of benzene rings is 1. The van der Waals surface area contributed by atoms with Crippen molar-refractivity contribution in [3.63, 3.8) is 0 Å². The number of rotatable bonds is 10. The van der Waals surface area contributed by atoms with Crippen molar-refractivity contribution >= 4 is 5.97 Å². The second-order valence-electron chi connectivity index (χ2n) is 7.20. The maximum absolute atomic E-state index is 12.2. The first-order valence-electron chi connectivity index (χ1n) is 8.92. The summed E-state index contributed by atoms with van der Waals surface area (Å²) >= 11 is 0. The topological polar surface area (TPSA) is 75.1 Å². The largest absolute Gasteiger partial charge is 0.456 e. The van der Waals surface area contributed by atoms with Crippen LogP contribution in [0.1, 0.15) is 63.5 Å². The van der Waals surface area contributed by atoms with Gasteiger partial charge in [-0.15, -0.1) is 0 Å². The van der Waals surface area contributed by atoms with Gasteiger partial charge in [0.2, 0.25) is 0 Å². The molecule has 1 rings (SSSR count). The van der Waals surface area contributed by atoms with Crippen molar-refractivity contribution in [3.8, 4) is 0 Å². The Bertz CT molecular complexity index is 651. The summed E-state index contributed by atoms with van der Waals surface area (Å²) in [5.74, 6) is -0.532. The Hall–Kier alpha value is -2.21. The molecule has 8 heteroatoms. The lowest BCUT2D eigenvalue weighted by Crippen LogP contribution is -2.30. The summed E-state index contributed by atoms with van der Waals surface area (Å²) in [5, 5.41) is 3.53. The monoisotopic (exact) mass is 385 g/mol.